The van der Waals surface area contributed by atoms with Crippen molar-refractivity contribution in [3.8, 4) is 0 Å². The molecule has 5 heteroatoms. The van der Waals surface area contributed by atoms with Crippen LogP contribution in [0, 0.1) is 0 Å². The number of nitrogens with zero attached hydrogens (tertiary/aromatic N) is 1. The summed E-state index contributed by atoms with van der Waals surface area (Å²) < 4.78 is 4.88. The molecule has 4 nitrogen and oxygen atoms in total. The predicted octanol–water partition coefficient (Wildman–Crippen LogP) is 3.92. The summed E-state index contributed by atoms with van der Waals surface area (Å²) in [5.41, 5.74) is 0.896. The quantitative estimate of drug-likeness (QED) is 0.385. The minimum absolute atomic E-state index is 0.269. The molecule has 0 aromatic heterocycles. The molecule has 1 amide bonds. The normalized spacial score (nSPS) is 17.9. The van der Waals surface area contributed by atoms with E-state index in [0.717, 1.165) is 48.2 Å². The van der Waals surface area contributed by atoms with E-state index in [2.05, 4.69) is 6.92 Å². The lowest BCUT2D eigenvalue weighted by molar-refractivity contribution is -0.116. The highest BCUT2D eigenvalue weighted by atomic mass is 32.2. The van der Waals surface area contributed by atoms with E-state index in [4.69, 9.17) is 4.74 Å². The molecule has 0 atom stereocenters. The number of carbonyl (C=O) groups excluding carboxylic acids is 2. The van der Waals surface area contributed by atoms with Gasteiger partial charge in [-0.2, -0.15) is 0 Å². The SMILES string of the molecule is CCCCCCCN(C=O)/C(C)=C1/CCOC(=O)S1. The highest BCUT2D eigenvalue weighted by molar-refractivity contribution is 8.16. The molecule has 1 heterocycles. The van der Waals surface area contributed by atoms with Crippen molar-refractivity contribution in [2.24, 2.45) is 0 Å². The molecule has 0 aromatic rings. The van der Waals surface area contributed by atoms with Crippen molar-refractivity contribution in [3.63, 3.8) is 0 Å². The monoisotopic (exact) mass is 285 g/mol. The predicted molar refractivity (Wildman–Crippen MR) is 77.8 cm³/mol. The van der Waals surface area contributed by atoms with Crippen molar-refractivity contribution in [2.45, 2.75) is 52.4 Å². The lowest BCUT2D eigenvalue weighted by atomic mass is 10.1. The second-order valence-corrected chi connectivity index (χ2v) is 5.70. The van der Waals surface area contributed by atoms with E-state index >= 15 is 0 Å². The van der Waals surface area contributed by atoms with Crippen molar-refractivity contribution >= 4 is 23.5 Å². The van der Waals surface area contributed by atoms with Crippen molar-refractivity contribution in [1.82, 2.24) is 4.90 Å². The largest absolute Gasteiger partial charge is 0.457 e. The van der Waals surface area contributed by atoms with Gasteiger partial charge in [0.05, 0.1) is 6.61 Å². The number of rotatable bonds is 8. The Hall–Kier alpha value is -0.970. The van der Waals surface area contributed by atoms with Crippen LogP contribution in [0.2, 0.25) is 0 Å². The molecule has 0 N–H and O–H groups in total. The van der Waals surface area contributed by atoms with Crippen molar-refractivity contribution in [2.75, 3.05) is 13.2 Å². The molecule has 108 valence electrons. The Morgan fingerprint density at radius 1 is 1.37 bits per heavy atom. The van der Waals surface area contributed by atoms with Crippen LogP contribution in [0.25, 0.3) is 0 Å². The van der Waals surface area contributed by atoms with Crippen LogP contribution in [0.15, 0.2) is 10.6 Å². The average Bonchev–Trinajstić information content (AvgIpc) is 2.42. The summed E-state index contributed by atoms with van der Waals surface area (Å²) in [4.78, 5) is 25.0. The molecule has 1 rings (SSSR count). The summed E-state index contributed by atoms with van der Waals surface area (Å²) >= 11 is 1.10. The Morgan fingerprint density at radius 3 is 2.74 bits per heavy atom. The molecule has 0 unspecified atom stereocenters. The van der Waals surface area contributed by atoms with Gasteiger partial charge in [0.1, 0.15) is 0 Å². The number of amides is 1. The van der Waals surface area contributed by atoms with Gasteiger partial charge >= 0.3 is 5.30 Å². The third-order valence-electron chi connectivity index (χ3n) is 3.22. The molecule has 1 saturated heterocycles. The lowest BCUT2D eigenvalue weighted by Gasteiger charge is -2.23. The second-order valence-electron chi connectivity index (χ2n) is 4.67. The standard InChI is InChI=1S/C14H23NO3S/c1-3-4-5-6-7-9-15(11-16)12(2)13-8-10-18-14(17)19-13/h11H,3-10H2,1-2H3/b13-12-. The number of unbranched alkanes of at least 4 members (excludes halogenated alkanes) is 4. The molecule has 1 aliphatic rings. The maximum atomic E-state index is 11.2. The van der Waals surface area contributed by atoms with Gasteiger partial charge in [-0.1, -0.05) is 32.6 Å². The molecule has 19 heavy (non-hydrogen) atoms. The molecular formula is C14H23NO3S. The van der Waals surface area contributed by atoms with E-state index in [9.17, 15) is 9.59 Å². The molecule has 0 aromatic carbocycles. The van der Waals surface area contributed by atoms with Gasteiger partial charge in [-0.25, -0.2) is 4.79 Å². The van der Waals surface area contributed by atoms with Gasteiger partial charge in [-0.05, 0) is 25.1 Å². The Labute approximate surface area is 119 Å². The molecule has 0 aliphatic carbocycles. The highest BCUT2D eigenvalue weighted by Gasteiger charge is 2.19. The van der Waals surface area contributed by atoms with Gasteiger partial charge in [0, 0.05) is 23.6 Å². The zero-order valence-electron chi connectivity index (χ0n) is 11.8. The van der Waals surface area contributed by atoms with E-state index in [0.29, 0.717) is 13.0 Å². The highest BCUT2D eigenvalue weighted by Crippen LogP contribution is 2.30. The lowest BCUT2D eigenvalue weighted by Crippen LogP contribution is -2.23. The zero-order chi connectivity index (χ0) is 14.1. The van der Waals surface area contributed by atoms with E-state index in [1.165, 1.54) is 19.3 Å². The van der Waals surface area contributed by atoms with E-state index in [1.807, 2.05) is 6.92 Å². The van der Waals surface area contributed by atoms with Crippen LogP contribution in [0.5, 0.6) is 0 Å². The van der Waals surface area contributed by atoms with Crippen LogP contribution in [-0.4, -0.2) is 29.8 Å². The Bertz CT molecular complexity index is 342. The number of cyclic esters (lactones) is 1. The van der Waals surface area contributed by atoms with Gasteiger partial charge in [-0.15, -0.1) is 0 Å². The van der Waals surface area contributed by atoms with E-state index in [-0.39, 0.29) is 5.30 Å². The number of allylic oxidation sites excluding steroid dienone is 1. The van der Waals surface area contributed by atoms with Gasteiger partial charge in [-0.3, -0.25) is 4.79 Å². The third kappa shape index (κ3) is 5.68. The van der Waals surface area contributed by atoms with Gasteiger partial charge in [0.15, 0.2) is 0 Å². The first-order chi connectivity index (χ1) is 9.19. The average molecular weight is 285 g/mol. The van der Waals surface area contributed by atoms with Crippen molar-refractivity contribution in [3.05, 3.63) is 10.6 Å². The fraction of sp³-hybridized carbons (Fsp3) is 0.714. The summed E-state index contributed by atoms with van der Waals surface area (Å²) in [6.07, 6.45) is 7.43. The Morgan fingerprint density at radius 2 is 2.11 bits per heavy atom. The van der Waals surface area contributed by atoms with Gasteiger partial charge in [0.2, 0.25) is 6.41 Å². The first-order valence-corrected chi connectivity index (χ1v) is 7.77. The van der Waals surface area contributed by atoms with Gasteiger partial charge in [0.25, 0.3) is 0 Å². The number of ether oxygens (including phenoxy) is 1. The molecule has 0 spiro atoms. The number of hydrogen-bond acceptors (Lipinski definition) is 4. The van der Waals surface area contributed by atoms with Crippen LogP contribution >= 0.6 is 11.8 Å². The summed E-state index contributed by atoms with van der Waals surface area (Å²) in [5, 5.41) is -0.269. The molecule has 1 fully saturated rings. The first-order valence-electron chi connectivity index (χ1n) is 6.95. The summed E-state index contributed by atoms with van der Waals surface area (Å²) in [6, 6.07) is 0. The Kier molecular flexibility index (Phi) is 7.63. The maximum absolute atomic E-state index is 11.2. The summed E-state index contributed by atoms with van der Waals surface area (Å²) in [6.45, 7) is 5.24. The van der Waals surface area contributed by atoms with Crippen LogP contribution in [0.4, 0.5) is 4.79 Å². The third-order valence-corrected chi connectivity index (χ3v) is 4.25. The summed E-state index contributed by atoms with van der Waals surface area (Å²) in [5.74, 6) is 0. The van der Waals surface area contributed by atoms with Crippen LogP contribution in [-0.2, 0) is 9.53 Å². The first kappa shape index (κ1) is 16.1. The van der Waals surface area contributed by atoms with Crippen LogP contribution in [0.3, 0.4) is 0 Å². The zero-order valence-corrected chi connectivity index (χ0v) is 12.6. The molecule has 0 saturated carbocycles. The molecule has 1 aliphatic heterocycles. The molecular weight excluding hydrogens is 262 g/mol. The van der Waals surface area contributed by atoms with Crippen molar-refractivity contribution in [1.29, 1.82) is 0 Å². The number of hydrogen-bond donors (Lipinski definition) is 0. The molecule has 0 radical (unpaired) electrons. The van der Waals surface area contributed by atoms with Crippen LogP contribution < -0.4 is 0 Å². The van der Waals surface area contributed by atoms with E-state index in [1.54, 1.807) is 4.90 Å². The summed E-state index contributed by atoms with van der Waals surface area (Å²) in [7, 11) is 0. The Balaban J connectivity index is 2.46. The fourth-order valence-corrected chi connectivity index (χ4v) is 2.80. The minimum atomic E-state index is -0.269. The van der Waals surface area contributed by atoms with Crippen LogP contribution in [0.1, 0.15) is 52.4 Å². The second kappa shape index (κ2) is 9.02. The number of thioether (sulfide) groups is 1. The number of carbonyl (C=O) groups is 2. The van der Waals surface area contributed by atoms with Crippen molar-refractivity contribution < 1.29 is 14.3 Å². The molecule has 0 bridgehead atoms. The smallest absolute Gasteiger partial charge is 0.371 e. The van der Waals surface area contributed by atoms with E-state index < -0.39 is 0 Å². The fourth-order valence-electron chi connectivity index (χ4n) is 2.01. The maximum Gasteiger partial charge on any atom is 0.371 e. The topological polar surface area (TPSA) is 46.6 Å². The van der Waals surface area contributed by atoms with Gasteiger partial charge < -0.3 is 9.64 Å². The minimum Gasteiger partial charge on any atom is -0.457 e.